The molecule has 0 saturated carbocycles. The van der Waals surface area contributed by atoms with Gasteiger partial charge in [0, 0.05) is 72.0 Å². The number of nitrogens with two attached hydrogens (primary N) is 1. The Labute approximate surface area is 450 Å². The first-order valence-corrected chi connectivity index (χ1v) is 28.5. The third kappa shape index (κ3) is 13.6. The zero-order valence-corrected chi connectivity index (χ0v) is 44.6. The summed E-state index contributed by atoms with van der Waals surface area (Å²) in [4.78, 5) is 133. The highest BCUT2D eigenvalue weighted by Gasteiger charge is 2.51. The van der Waals surface area contributed by atoms with Gasteiger partial charge >= 0.3 is 13.3 Å². The van der Waals surface area contributed by atoms with Crippen LogP contribution in [0.5, 0.6) is 0 Å². The van der Waals surface area contributed by atoms with Gasteiger partial charge in [0.15, 0.2) is 0 Å². The van der Waals surface area contributed by atoms with Gasteiger partial charge in [-0.15, -0.1) is 0 Å². The summed E-state index contributed by atoms with van der Waals surface area (Å²) in [5.41, 5.74) is 2.36. The van der Waals surface area contributed by atoms with Crippen LogP contribution in [0.1, 0.15) is 134 Å². The van der Waals surface area contributed by atoms with Gasteiger partial charge in [0.1, 0.15) is 29.9 Å². The highest BCUT2D eigenvalue weighted by molar-refractivity contribution is 7.52. The fraction of sp³-hybridized carbons (Fsp3) is 0.556. The van der Waals surface area contributed by atoms with Crippen LogP contribution in [0.15, 0.2) is 42.5 Å². The van der Waals surface area contributed by atoms with Crippen molar-refractivity contribution < 1.29 is 61.5 Å². The van der Waals surface area contributed by atoms with Crippen LogP contribution < -0.4 is 27.0 Å². The SMILES string of the molecule is CN1CC[C@H]2CC[C@@H](C(=O)N[C@@H](CCC(N)=O)C(=O)NCCCCCCCCN3CCC(C#Cc4cccc5c4CN(C4CCC(=O)NC4=O)C5=O)CC3)N2C(=O)[C@@H](NC(=O)c2cc3cc(C(F)(F)P(=O)(O)O)ccc3[nH]2)C1. The minimum absolute atomic E-state index is 0.0540. The largest absolute Gasteiger partial charge is 0.399 e. The maximum Gasteiger partial charge on any atom is 0.399 e. The van der Waals surface area contributed by atoms with E-state index in [-0.39, 0.29) is 72.6 Å². The number of aromatic nitrogens is 1. The fourth-order valence-electron chi connectivity index (χ4n) is 11.3. The average Bonchev–Trinajstić information content (AvgIpc) is 4.14. The summed E-state index contributed by atoms with van der Waals surface area (Å²) in [5.74, 6) is 3.06. The van der Waals surface area contributed by atoms with E-state index in [0.29, 0.717) is 50.9 Å². The van der Waals surface area contributed by atoms with Gasteiger partial charge in [0.2, 0.25) is 35.4 Å². The molecule has 3 aromatic rings. The highest BCUT2D eigenvalue weighted by atomic mass is 31.2. The number of hydrogen-bond acceptors (Lipinski definition) is 11. The van der Waals surface area contributed by atoms with E-state index < -0.39 is 78.4 Å². The standard InChI is InChI=1S/C54H69F2N10O11P/c1-63-26-23-37-14-17-45(66(37)53(74)43(32-63)61-49(70)42-30-35-29-36(13-15-40(35)59-42)54(55,56)78(75,76)77)51(72)60-41(16-19-46(57)67)48(69)58-24-6-4-2-3-5-7-25-64-27-21-33(22-28-64)11-12-34-9-8-10-38-39(34)31-65(52(38)73)44-18-20-47(68)62-50(44)71/h8-10,13,15,29-30,33,37,41,43-45,59H,2-7,14,16-28,31-32H2,1H3,(H2,57,67)(H,58,69)(H,60,72)(H,61,70)(H,62,68,71)(H2,75,76,77)/t37-,41+,43+,44?,45+/m1/s1. The van der Waals surface area contributed by atoms with Crippen molar-refractivity contribution in [2.24, 2.45) is 11.7 Å². The Kier molecular flexibility index (Phi) is 18.5. The van der Waals surface area contributed by atoms with Crippen molar-refractivity contribution in [3.05, 3.63) is 70.4 Å². The first-order chi connectivity index (χ1) is 37.2. The quantitative estimate of drug-likeness (QED) is 0.0350. The second-order valence-corrected chi connectivity index (χ2v) is 22.9. The molecule has 0 radical (unpaired) electrons. The fourth-order valence-corrected chi connectivity index (χ4v) is 11.7. The van der Waals surface area contributed by atoms with E-state index in [4.69, 9.17) is 5.73 Å². The minimum atomic E-state index is -5.85. The first kappa shape index (κ1) is 57.6. The van der Waals surface area contributed by atoms with E-state index in [0.717, 1.165) is 87.8 Å². The number of hydrogen-bond donors (Lipinski definition) is 8. The number of alkyl halides is 2. The number of likely N-dealkylation sites (tertiary alicyclic amines) is 1. The number of imide groups is 1. The van der Waals surface area contributed by atoms with Gasteiger partial charge in [-0.3, -0.25) is 48.2 Å². The van der Waals surface area contributed by atoms with Crippen LogP contribution in [0.3, 0.4) is 0 Å². The van der Waals surface area contributed by atoms with Gasteiger partial charge < -0.3 is 56.1 Å². The smallest absolute Gasteiger partial charge is 0.370 e. The van der Waals surface area contributed by atoms with Crippen molar-refractivity contribution in [2.75, 3.05) is 46.3 Å². The van der Waals surface area contributed by atoms with Crippen molar-refractivity contribution in [3.8, 4) is 11.8 Å². The number of carbonyl (C=O) groups excluding carboxylic acids is 8. The van der Waals surface area contributed by atoms with Crippen LogP contribution in [0.4, 0.5) is 8.78 Å². The molecule has 8 amide bonds. The summed E-state index contributed by atoms with van der Waals surface area (Å²) in [6.07, 6.45) is 9.22. The Hall–Kier alpha value is -6.57. The van der Waals surface area contributed by atoms with Gasteiger partial charge in [-0.25, -0.2) is 0 Å². The molecule has 2 aromatic carbocycles. The van der Waals surface area contributed by atoms with E-state index in [9.17, 15) is 61.5 Å². The monoisotopic (exact) mass is 1100 g/mol. The topological polar surface area (TPSA) is 297 Å². The molecule has 4 saturated heterocycles. The van der Waals surface area contributed by atoms with Crippen LogP contribution in [0, 0.1) is 17.8 Å². The third-order valence-electron chi connectivity index (χ3n) is 15.7. The number of halogens is 2. The first-order valence-electron chi connectivity index (χ1n) is 26.9. The Morgan fingerprint density at radius 3 is 2.40 bits per heavy atom. The van der Waals surface area contributed by atoms with Gasteiger partial charge in [-0.1, -0.05) is 49.7 Å². The molecule has 21 nitrogen and oxygen atoms in total. The van der Waals surface area contributed by atoms with Crippen molar-refractivity contribution in [1.29, 1.82) is 0 Å². The number of carbonyl (C=O) groups is 8. The zero-order chi connectivity index (χ0) is 55.9. The van der Waals surface area contributed by atoms with Gasteiger partial charge in [-0.2, -0.15) is 8.78 Å². The van der Waals surface area contributed by atoms with Crippen LogP contribution in [-0.2, 0) is 45.5 Å². The highest BCUT2D eigenvalue weighted by Crippen LogP contribution is 2.59. The summed E-state index contributed by atoms with van der Waals surface area (Å²) in [6, 6.07) is 5.36. The number of amides is 8. The molecule has 0 bridgehead atoms. The van der Waals surface area contributed by atoms with Gasteiger partial charge in [-0.05, 0) is 127 Å². The minimum Gasteiger partial charge on any atom is -0.370 e. The van der Waals surface area contributed by atoms with E-state index in [1.165, 1.54) is 17.0 Å². The number of H-pyrrole nitrogens is 1. The molecule has 6 heterocycles. The normalized spacial score (nSPS) is 22.0. The average molecular weight is 1100 g/mol. The third-order valence-corrected chi connectivity index (χ3v) is 16.7. The molecule has 5 aliphatic heterocycles. The molecule has 24 heteroatoms. The molecule has 0 spiro atoms. The molecular formula is C54H69F2N10O11P. The molecule has 1 unspecified atom stereocenters. The van der Waals surface area contributed by atoms with Crippen LogP contribution in [0.25, 0.3) is 10.9 Å². The number of likely N-dealkylation sites (N-methyl/N-ethyl adjacent to an activating group) is 1. The molecule has 5 atom stereocenters. The van der Waals surface area contributed by atoms with Crippen LogP contribution in [0.2, 0.25) is 0 Å². The maximum absolute atomic E-state index is 14.5. The number of nitrogens with one attached hydrogen (secondary N) is 5. The Morgan fingerprint density at radius 1 is 0.923 bits per heavy atom. The molecule has 0 aliphatic carbocycles. The second kappa shape index (κ2) is 25.0. The molecule has 420 valence electrons. The van der Waals surface area contributed by atoms with Gasteiger partial charge in [0.05, 0.1) is 0 Å². The molecule has 9 N–H and O–H groups in total. The lowest BCUT2D eigenvalue weighted by Gasteiger charge is -2.37. The molecule has 8 rings (SSSR count). The summed E-state index contributed by atoms with van der Waals surface area (Å²) >= 11 is 0. The van der Waals surface area contributed by atoms with E-state index in [1.807, 2.05) is 17.0 Å². The lowest BCUT2D eigenvalue weighted by atomic mass is 9.96. The van der Waals surface area contributed by atoms with E-state index >= 15 is 0 Å². The molecule has 5 aliphatic rings. The second-order valence-electron chi connectivity index (χ2n) is 21.2. The Morgan fingerprint density at radius 2 is 1.67 bits per heavy atom. The van der Waals surface area contributed by atoms with Crippen molar-refractivity contribution in [2.45, 2.75) is 139 Å². The van der Waals surface area contributed by atoms with Crippen molar-refractivity contribution >= 4 is 65.8 Å². The van der Waals surface area contributed by atoms with Crippen molar-refractivity contribution in [3.63, 3.8) is 0 Å². The number of nitrogens with zero attached hydrogens (tertiary/aromatic N) is 4. The predicted molar refractivity (Wildman–Crippen MR) is 281 cm³/mol. The number of unbranched alkanes of at least 4 members (excludes halogenated alkanes) is 5. The maximum atomic E-state index is 14.5. The number of rotatable bonds is 20. The number of benzene rings is 2. The number of aromatic amines is 1. The summed E-state index contributed by atoms with van der Waals surface area (Å²) in [7, 11) is -4.06. The van der Waals surface area contributed by atoms with Gasteiger partial charge in [0.25, 0.3) is 11.8 Å². The summed E-state index contributed by atoms with van der Waals surface area (Å²) in [6.45, 7) is 4.15. The van der Waals surface area contributed by atoms with Crippen LogP contribution >= 0.6 is 7.60 Å². The van der Waals surface area contributed by atoms with Crippen molar-refractivity contribution in [1.82, 2.24) is 45.9 Å². The molecule has 78 heavy (non-hydrogen) atoms. The lowest BCUT2D eigenvalue weighted by Crippen LogP contribution is -2.61. The van der Waals surface area contributed by atoms with E-state index in [2.05, 4.69) is 43.0 Å². The number of fused-ring (bicyclic) bond motifs is 3. The number of primary amides is 1. The lowest BCUT2D eigenvalue weighted by molar-refractivity contribution is -0.144. The van der Waals surface area contributed by atoms with E-state index in [1.54, 1.807) is 18.0 Å². The molecule has 4 fully saturated rings. The Bertz CT molecular complexity index is 2910. The Balaban J connectivity index is 0.749. The predicted octanol–water partition coefficient (Wildman–Crippen LogP) is 2.92. The number of piperidine rings is 2. The summed E-state index contributed by atoms with van der Waals surface area (Å²) < 4.78 is 40.4. The molecule has 1 aromatic heterocycles. The summed E-state index contributed by atoms with van der Waals surface area (Å²) in [5, 5.41) is 10.8. The van der Waals surface area contributed by atoms with Crippen LogP contribution in [-0.4, -0.2) is 158 Å². The molecular weight excluding hydrogens is 1030 g/mol. The zero-order valence-electron chi connectivity index (χ0n) is 43.7.